The van der Waals surface area contributed by atoms with Crippen LogP contribution in [0, 0.1) is 0 Å². The zero-order valence-electron chi connectivity index (χ0n) is 11.6. The van der Waals surface area contributed by atoms with Gasteiger partial charge in [0.15, 0.2) is 0 Å². The molecule has 0 saturated heterocycles. The molecule has 4 nitrogen and oxygen atoms in total. The van der Waals surface area contributed by atoms with Gasteiger partial charge in [-0.1, -0.05) is 37.8 Å². The fourth-order valence-corrected chi connectivity index (χ4v) is 2.99. The third-order valence-electron chi connectivity index (χ3n) is 4.12. The second-order valence-corrected chi connectivity index (χ2v) is 5.66. The van der Waals surface area contributed by atoms with Gasteiger partial charge >= 0.3 is 0 Å². The lowest BCUT2D eigenvalue weighted by Gasteiger charge is -2.15. The lowest BCUT2D eigenvalue weighted by molar-refractivity contribution is 0.0929. The van der Waals surface area contributed by atoms with Crippen LogP contribution < -0.4 is 11.1 Å². The number of benzene rings is 1. The summed E-state index contributed by atoms with van der Waals surface area (Å²) in [4.78, 5) is 15.5. The van der Waals surface area contributed by atoms with Crippen LogP contribution in [0.1, 0.15) is 49.0 Å². The van der Waals surface area contributed by atoms with Gasteiger partial charge in [-0.25, -0.2) is 0 Å². The number of carbonyl (C=O) groups excluding carboxylic acids is 1. The van der Waals surface area contributed by atoms with Gasteiger partial charge in [-0.3, -0.25) is 4.79 Å². The van der Waals surface area contributed by atoms with Crippen molar-refractivity contribution in [3.63, 3.8) is 0 Å². The molecule has 1 aliphatic carbocycles. The number of nitrogen functional groups attached to an aromatic ring is 1. The van der Waals surface area contributed by atoms with Crippen molar-refractivity contribution in [2.24, 2.45) is 0 Å². The first-order chi connectivity index (χ1) is 9.74. The van der Waals surface area contributed by atoms with Crippen molar-refractivity contribution in [1.82, 2.24) is 10.3 Å². The van der Waals surface area contributed by atoms with Crippen molar-refractivity contribution in [3.05, 3.63) is 30.0 Å². The molecule has 1 saturated carbocycles. The molecule has 1 aliphatic rings. The van der Waals surface area contributed by atoms with Crippen molar-refractivity contribution in [2.75, 3.05) is 5.73 Å². The standard InChI is InChI=1S/C16H21N3O/c17-13-9-5-6-11-10-14(19-15(11)13)16(20)18-12-7-3-1-2-4-8-12/h5-6,9-10,12,19H,1-4,7-8,17H2,(H,18,20). The summed E-state index contributed by atoms with van der Waals surface area (Å²) in [7, 11) is 0. The topological polar surface area (TPSA) is 70.9 Å². The van der Waals surface area contributed by atoms with Crippen molar-refractivity contribution in [3.8, 4) is 0 Å². The SMILES string of the molecule is Nc1cccc2cc(C(=O)NC3CCCCCC3)[nH]c12. The van der Waals surface area contributed by atoms with Crippen LogP contribution in [0.15, 0.2) is 24.3 Å². The van der Waals surface area contributed by atoms with Crippen LogP contribution in [-0.2, 0) is 0 Å². The fourth-order valence-electron chi connectivity index (χ4n) is 2.99. The molecular formula is C16H21N3O. The maximum atomic E-state index is 12.3. The van der Waals surface area contributed by atoms with E-state index in [0.717, 1.165) is 23.7 Å². The van der Waals surface area contributed by atoms with Crippen LogP contribution in [0.4, 0.5) is 5.69 Å². The van der Waals surface area contributed by atoms with E-state index < -0.39 is 0 Å². The average molecular weight is 271 g/mol. The Bertz CT molecular complexity index is 609. The van der Waals surface area contributed by atoms with Crippen molar-refractivity contribution in [1.29, 1.82) is 0 Å². The van der Waals surface area contributed by atoms with Crippen LogP contribution in [0.2, 0.25) is 0 Å². The van der Waals surface area contributed by atoms with E-state index in [-0.39, 0.29) is 5.91 Å². The van der Waals surface area contributed by atoms with Gasteiger partial charge < -0.3 is 16.0 Å². The number of carbonyl (C=O) groups is 1. The minimum absolute atomic E-state index is 0.0208. The molecule has 2 aromatic rings. The molecule has 1 heterocycles. The summed E-state index contributed by atoms with van der Waals surface area (Å²) < 4.78 is 0. The molecular weight excluding hydrogens is 250 g/mol. The Hall–Kier alpha value is -1.97. The predicted molar refractivity (Wildman–Crippen MR) is 81.7 cm³/mol. The third kappa shape index (κ3) is 2.64. The first-order valence-corrected chi connectivity index (χ1v) is 7.42. The van der Waals surface area contributed by atoms with E-state index in [1.807, 2.05) is 24.3 Å². The predicted octanol–water partition coefficient (Wildman–Crippen LogP) is 3.20. The molecule has 4 N–H and O–H groups in total. The normalized spacial score (nSPS) is 17.0. The Kier molecular flexibility index (Phi) is 3.63. The second kappa shape index (κ2) is 5.57. The summed E-state index contributed by atoms with van der Waals surface area (Å²) in [6.45, 7) is 0. The number of H-pyrrole nitrogens is 1. The fraction of sp³-hybridized carbons (Fsp3) is 0.438. The second-order valence-electron chi connectivity index (χ2n) is 5.66. The summed E-state index contributed by atoms with van der Waals surface area (Å²) in [6.07, 6.45) is 7.18. The molecule has 0 aliphatic heterocycles. The minimum atomic E-state index is -0.0208. The van der Waals surface area contributed by atoms with Gasteiger partial charge in [-0.05, 0) is 25.0 Å². The molecule has 0 atom stereocenters. The smallest absolute Gasteiger partial charge is 0.267 e. The number of fused-ring (bicyclic) bond motifs is 1. The van der Waals surface area contributed by atoms with E-state index in [0.29, 0.717) is 17.4 Å². The van der Waals surface area contributed by atoms with E-state index >= 15 is 0 Å². The third-order valence-corrected chi connectivity index (χ3v) is 4.12. The van der Waals surface area contributed by atoms with E-state index in [2.05, 4.69) is 10.3 Å². The lowest BCUT2D eigenvalue weighted by Crippen LogP contribution is -2.34. The van der Waals surface area contributed by atoms with Gasteiger partial charge in [0.05, 0.1) is 11.2 Å². The average Bonchev–Trinajstić information content (AvgIpc) is 2.72. The zero-order chi connectivity index (χ0) is 13.9. The first kappa shape index (κ1) is 13.0. The summed E-state index contributed by atoms with van der Waals surface area (Å²) in [5.41, 5.74) is 8.03. The Balaban J connectivity index is 1.76. The number of amides is 1. The highest BCUT2D eigenvalue weighted by atomic mass is 16.1. The Morgan fingerprint density at radius 1 is 1.20 bits per heavy atom. The Morgan fingerprint density at radius 3 is 2.65 bits per heavy atom. The number of nitrogens with one attached hydrogen (secondary N) is 2. The molecule has 0 spiro atoms. The van der Waals surface area contributed by atoms with Crippen LogP contribution in [0.25, 0.3) is 10.9 Å². The molecule has 0 unspecified atom stereocenters. The number of para-hydroxylation sites is 1. The van der Waals surface area contributed by atoms with Crippen LogP contribution in [0.3, 0.4) is 0 Å². The van der Waals surface area contributed by atoms with Crippen LogP contribution in [0.5, 0.6) is 0 Å². The first-order valence-electron chi connectivity index (χ1n) is 7.42. The summed E-state index contributed by atoms with van der Waals surface area (Å²) in [5, 5.41) is 4.13. The van der Waals surface area contributed by atoms with Gasteiger partial charge in [0.25, 0.3) is 5.91 Å². The maximum Gasteiger partial charge on any atom is 0.267 e. The molecule has 3 rings (SSSR count). The van der Waals surface area contributed by atoms with Gasteiger partial charge in [0.1, 0.15) is 5.69 Å². The van der Waals surface area contributed by atoms with Crippen molar-refractivity contribution in [2.45, 2.75) is 44.6 Å². The zero-order valence-corrected chi connectivity index (χ0v) is 11.6. The summed E-state index contributed by atoms with van der Waals surface area (Å²) in [5.74, 6) is -0.0208. The molecule has 0 radical (unpaired) electrons. The van der Waals surface area contributed by atoms with Gasteiger partial charge in [-0.2, -0.15) is 0 Å². The highest BCUT2D eigenvalue weighted by Gasteiger charge is 2.17. The molecule has 1 aromatic heterocycles. The highest BCUT2D eigenvalue weighted by Crippen LogP contribution is 2.22. The van der Waals surface area contributed by atoms with Gasteiger partial charge in [-0.15, -0.1) is 0 Å². The number of rotatable bonds is 2. The number of aromatic amines is 1. The number of anilines is 1. The van der Waals surface area contributed by atoms with Crippen LogP contribution >= 0.6 is 0 Å². The van der Waals surface area contributed by atoms with E-state index in [4.69, 9.17) is 5.73 Å². The number of aromatic nitrogens is 1. The molecule has 0 bridgehead atoms. The largest absolute Gasteiger partial charge is 0.397 e. The Morgan fingerprint density at radius 2 is 1.95 bits per heavy atom. The number of hydrogen-bond acceptors (Lipinski definition) is 2. The lowest BCUT2D eigenvalue weighted by atomic mass is 10.1. The quantitative estimate of drug-likeness (QED) is 0.580. The van der Waals surface area contributed by atoms with Crippen molar-refractivity contribution < 1.29 is 4.79 Å². The maximum absolute atomic E-state index is 12.3. The monoisotopic (exact) mass is 271 g/mol. The minimum Gasteiger partial charge on any atom is -0.397 e. The van der Waals surface area contributed by atoms with Gasteiger partial charge in [0.2, 0.25) is 0 Å². The molecule has 4 heteroatoms. The number of hydrogen-bond donors (Lipinski definition) is 3. The van der Waals surface area contributed by atoms with E-state index in [1.165, 1.54) is 25.7 Å². The molecule has 1 fully saturated rings. The molecule has 1 amide bonds. The number of nitrogens with two attached hydrogens (primary N) is 1. The Labute approximate surface area is 118 Å². The molecule has 106 valence electrons. The summed E-state index contributed by atoms with van der Waals surface area (Å²) in [6, 6.07) is 7.89. The molecule has 20 heavy (non-hydrogen) atoms. The highest BCUT2D eigenvalue weighted by molar-refractivity contribution is 6.00. The van der Waals surface area contributed by atoms with Gasteiger partial charge in [0, 0.05) is 11.4 Å². The summed E-state index contributed by atoms with van der Waals surface area (Å²) >= 11 is 0. The van der Waals surface area contributed by atoms with Crippen LogP contribution in [-0.4, -0.2) is 16.9 Å². The van der Waals surface area contributed by atoms with E-state index in [9.17, 15) is 4.79 Å². The van der Waals surface area contributed by atoms with Crippen molar-refractivity contribution >= 4 is 22.5 Å². The molecule has 1 aromatic carbocycles. The van der Waals surface area contributed by atoms with E-state index in [1.54, 1.807) is 0 Å².